The molecule has 3 aromatic rings. The first kappa shape index (κ1) is 18.9. The van der Waals surface area contributed by atoms with Gasteiger partial charge in [0.1, 0.15) is 5.69 Å². The Morgan fingerprint density at radius 2 is 1.66 bits per heavy atom. The van der Waals surface area contributed by atoms with Crippen molar-refractivity contribution in [2.24, 2.45) is 0 Å². The van der Waals surface area contributed by atoms with Gasteiger partial charge in [-0.05, 0) is 30.3 Å². The molecule has 0 spiro atoms. The first-order valence-corrected chi connectivity index (χ1v) is 9.49. The fourth-order valence-corrected chi connectivity index (χ4v) is 3.67. The maximum absolute atomic E-state index is 12.9. The Morgan fingerprint density at radius 3 is 2.38 bits per heavy atom. The zero-order chi connectivity index (χ0) is 20.4. The number of carbonyl (C=O) groups excluding carboxylic acids is 1. The van der Waals surface area contributed by atoms with Gasteiger partial charge in [0.2, 0.25) is 0 Å². The van der Waals surface area contributed by atoms with E-state index in [9.17, 15) is 9.59 Å². The lowest BCUT2D eigenvalue weighted by atomic mass is 10.1. The molecule has 7 nitrogen and oxygen atoms in total. The van der Waals surface area contributed by atoms with Gasteiger partial charge in [-0.15, -0.1) is 0 Å². The van der Waals surface area contributed by atoms with E-state index < -0.39 is 0 Å². The van der Waals surface area contributed by atoms with Gasteiger partial charge in [0.25, 0.3) is 11.5 Å². The van der Waals surface area contributed by atoms with E-state index in [0.29, 0.717) is 48.9 Å². The van der Waals surface area contributed by atoms with Crippen LogP contribution in [0.2, 0.25) is 0 Å². The van der Waals surface area contributed by atoms with Crippen LogP contribution in [0.25, 0.3) is 10.9 Å². The second kappa shape index (κ2) is 7.87. The van der Waals surface area contributed by atoms with Crippen LogP contribution in [-0.4, -0.2) is 56.2 Å². The molecule has 0 atom stereocenters. The Bertz CT molecular complexity index is 1100. The second-order valence-corrected chi connectivity index (χ2v) is 6.92. The number of aromatic amines is 1. The van der Waals surface area contributed by atoms with Gasteiger partial charge in [-0.1, -0.05) is 18.2 Å². The number of nitrogens with one attached hydrogen (secondary N) is 1. The molecule has 0 bridgehead atoms. The van der Waals surface area contributed by atoms with E-state index in [1.165, 1.54) is 0 Å². The molecular weight excluding hydrogens is 370 g/mol. The zero-order valence-corrected chi connectivity index (χ0v) is 16.5. The Labute approximate surface area is 168 Å². The van der Waals surface area contributed by atoms with Crippen LogP contribution in [0.3, 0.4) is 0 Å². The number of methoxy groups -OCH3 is 2. The van der Waals surface area contributed by atoms with Crippen LogP contribution in [0.4, 0.5) is 5.69 Å². The topological polar surface area (TPSA) is 74.9 Å². The summed E-state index contributed by atoms with van der Waals surface area (Å²) >= 11 is 0. The molecule has 1 N–H and O–H groups in total. The summed E-state index contributed by atoms with van der Waals surface area (Å²) < 4.78 is 10.5. The number of rotatable bonds is 4. The van der Waals surface area contributed by atoms with E-state index in [0.717, 1.165) is 10.9 Å². The Balaban J connectivity index is 1.49. The van der Waals surface area contributed by atoms with E-state index >= 15 is 0 Å². The fourth-order valence-electron chi connectivity index (χ4n) is 3.67. The molecule has 150 valence electrons. The lowest BCUT2D eigenvalue weighted by Gasteiger charge is -2.35. The molecule has 4 rings (SSSR count). The molecule has 29 heavy (non-hydrogen) atoms. The van der Waals surface area contributed by atoms with E-state index in [4.69, 9.17) is 9.47 Å². The highest BCUT2D eigenvalue weighted by atomic mass is 16.5. The zero-order valence-electron chi connectivity index (χ0n) is 16.5. The molecule has 1 aliphatic rings. The third-order valence-corrected chi connectivity index (χ3v) is 5.27. The number of anilines is 1. The monoisotopic (exact) mass is 393 g/mol. The van der Waals surface area contributed by atoms with Crippen molar-refractivity contribution in [1.29, 1.82) is 0 Å². The summed E-state index contributed by atoms with van der Waals surface area (Å²) in [5.41, 5.74) is 1.91. The Morgan fingerprint density at radius 1 is 0.931 bits per heavy atom. The number of hydrogen-bond acceptors (Lipinski definition) is 5. The van der Waals surface area contributed by atoms with Gasteiger partial charge < -0.3 is 24.3 Å². The molecule has 1 aliphatic heterocycles. The number of fused-ring (bicyclic) bond motifs is 1. The highest BCUT2D eigenvalue weighted by Crippen LogP contribution is 2.28. The van der Waals surface area contributed by atoms with Gasteiger partial charge in [0, 0.05) is 42.6 Å². The van der Waals surface area contributed by atoms with E-state index in [2.05, 4.69) is 4.98 Å². The fraction of sp³-hybridized carbons (Fsp3) is 0.273. The third-order valence-electron chi connectivity index (χ3n) is 5.27. The minimum atomic E-state index is -0.108. The van der Waals surface area contributed by atoms with Crippen molar-refractivity contribution in [2.45, 2.75) is 0 Å². The highest BCUT2D eigenvalue weighted by Gasteiger charge is 2.24. The van der Waals surface area contributed by atoms with E-state index in [1.54, 1.807) is 37.3 Å². The molecule has 0 radical (unpaired) electrons. The molecule has 1 amide bonds. The summed E-state index contributed by atoms with van der Waals surface area (Å²) in [7, 11) is 3.11. The van der Waals surface area contributed by atoms with Gasteiger partial charge in [0.05, 0.1) is 14.2 Å². The van der Waals surface area contributed by atoms with Crippen molar-refractivity contribution < 1.29 is 14.3 Å². The number of pyridine rings is 1. The summed E-state index contributed by atoms with van der Waals surface area (Å²) in [5.74, 6) is 1.06. The number of piperazine rings is 1. The maximum Gasteiger partial charge on any atom is 0.271 e. The molecule has 1 aromatic heterocycles. The summed E-state index contributed by atoms with van der Waals surface area (Å²) in [6.45, 7) is 2.28. The number of aromatic nitrogens is 1. The molecule has 2 heterocycles. The number of para-hydroxylation sites is 1. The molecule has 0 aliphatic carbocycles. The number of amides is 1. The first-order chi connectivity index (χ1) is 14.1. The highest BCUT2D eigenvalue weighted by molar-refractivity contribution is 5.95. The second-order valence-electron chi connectivity index (χ2n) is 6.92. The van der Waals surface area contributed by atoms with Crippen LogP contribution in [0, 0.1) is 0 Å². The molecule has 1 saturated heterocycles. The van der Waals surface area contributed by atoms with E-state index in [-0.39, 0.29) is 11.5 Å². The summed E-state index contributed by atoms with van der Waals surface area (Å²) in [4.78, 5) is 32.2. The van der Waals surface area contributed by atoms with Crippen molar-refractivity contribution in [3.05, 3.63) is 64.4 Å². The molecule has 1 fully saturated rings. The molecule has 7 heteroatoms. The molecule has 0 unspecified atom stereocenters. The van der Waals surface area contributed by atoms with Crippen molar-refractivity contribution in [3.8, 4) is 11.5 Å². The largest absolute Gasteiger partial charge is 0.493 e. The smallest absolute Gasteiger partial charge is 0.271 e. The van der Waals surface area contributed by atoms with Crippen LogP contribution in [0.5, 0.6) is 11.5 Å². The standard InChI is InChI=1S/C22H23N3O4/c1-28-19-8-7-16(14-20(19)29-2)22(27)25-11-9-24(10-12-25)18-13-15-5-3-4-6-17(15)23-21(18)26/h3-8,13-14H,9-12H2,1-2H3,(H,23,26). The minimum Gasteiger partial charge on any atom is -0.493 e. The number of benzene rings is 2. The molecule has 2 aromatic carbocycles. The van der Waals surface area contributed by atoms with Crippen LogP contribution in [0.15, 0.2) is 53.3 Å². The minimum absolute atomic E-state index is 0.0574. The van der Waals surface area contributed by atoms with Crippen LogP contribution < -0.4 is 19.9 Å². The number of hydrogen-bond donors (Lipinski definition) is 1. The molecular formula is C22H23N3O4. The van der Waals surface area contributed by atoms with Crippen molar-refractivity contribution in [3.63, 3.8) is 0 Å². The quantitative estimate of drug-likeness (QED) is 0.737. The van der Waals surface area contributed by atoms with Gasteiger partial charge in [0.15, 0.2) is 11.5 Å². The van der Waals surface area contributed by atoms with Gasteiger partial charge in [-0.25, -0.2) is 0 Å². The first-order valence-electron chi connectivity index (χ1n) is 9.49. The maximum atomic E-state index is 12.9. The van der Waals surface area contributed by atoms with E-state index in [1.807, 2.05) is 35.2 Å². The van der Waals surface area contributed by atoms with Crippen molar-refractivity contribution in [1.82, 2.24) is 9.88 Å². The predicted octanol–water partition coefficient (Wildman–Crippen LogP) is 2.51. The number of carbonyl (C=O) groups is 1. The number of nitrogens with zero attached hydrogens (tertiary/aromatic N) is 2. The van der Waals surface area contributed by atoms with Crippen molar-refractivity contribution in [2.75, 3.05) is 45.3 Å². The van der Waals surface area contributed by atoms with Crippen molar-refractivity contribution >= 4 is 22.5 Å². The lowest BCUT2D eigenvalue weighted by molar-refractivity contribution is 0.0746. The Kier molecular flexibility index (Phi) is 5.12. The SMILES string of the molecule is COc1ccc(C(=O)N2CCN(c3cc4ccccc4[nH]c3=O)CC2)cc1OC. The normalized spacial score (nSPS) is 14.1. The predicted molar refractivity (Wildman–Crippen MR) is 112 cm³/mol. The van der Waals surface area contributed by atoms with Gasteiger partial charge >= 0.3 is 0 Å². The van der Waals surface area contributed by atoms with Crippen LogP contribution >= 0.6 is 0 Å². The average Bonchev–Trinajstić information content (AvgIpc) is 2.77. The van der Waals surface area contributed by atoms with Gasteiger partial charge in [-0.3, -0.25) is 9.59 Å². The number of ether oxygens (including phenoxy) is 2. The number of H-pyrrole nitrogens is 1. The van der Waals surface area contributed by atoms with Crippen LogP contribution in [0.1, 0.15) is 10.4 Å². The Hall–Kier alpha value is -3.48. The van der Waals surface area contributed by atoms with Crippen LogP contribution in [-0.2, 0) is 0 Å². The molecule has 0 saturated carbocycles. The van der Waals surface area contributed by atoms with Gasteiger partial charge in [-0.2, -0.15) is 0 Å². The lowest BCUT2D eigenvalue weighted by Crippen LogP contribution is -2.50. The average molecular weight is 393 g/mol. The summed E-state index contributed by atoms with van der Waals surface area (Å²) in [6, 6.07) is 14.8. The summed E-state index contributed by atoms with van der Waals surface area (Å²) in [6.07, 6.45) is 0. The third kappa shape index (κ3) is 3.63. The summed E-state index contributed by atoms with van der Waals surface area (Å²) in [5, 5.41) is 0.992.